The van der Waals surface area contributed by atoms with Crippen molar-refractivity contribution in [3.63, 3.8) is 0 Å². The lowest BCUT2D eigenvalue weighted by Gasteiger charge is -2.24. The van der Waals surface area contributed by atoms with Gasteiger partial charge in [0, 0.05) is 17.8 Å². The van der Waals surface area contributed by atoms with E-state index in [0.29, 0.717) is 25.0 Å². The van der Waals surface area contributed by atoms with Crippen LogP contribution in [0.3, 0.4) is 0 Å². The van der Waals surface area contributed by atoms with Crippen LogP contribution in [0, 0.1) is 6.92 Å². The highest BCUT2D eigenvalue weighted by molar-refractivity contribution is 5.59. The number of benzene rings is 2. The molecule has 0 saturated heterocycles. The molecule has 4 heteroatoms. The second kappa shape index (κ2) is 7.31. The molecule has 0 bridgehead atoms. The molecule has 0 amide bonds. The van der Waals surface area contributed by atoms with Gasteiger partial charge >= 0.3 is 0 Å². The van der Waals surface area contributed by atoms with Gasteiger partial charge in [-0.2, -0.15) is 0 Å². The van der Waals surface area contributed by atoms with Crippen LogP contribution in [0.25, 0.3) is 0 Å². The highest BCUT2D eigenvalue weighted by Crippen LogP contribution is 2.32. The summed E-state index contributed by atoms with van der Waals surface area (Å²) in [5, 5.41) is 0. The molecule has 0 aliphatic carbocycles. The predicted octanol–water partition coefficient (Wildman–Crippen LogP) is 4.48. The summed E-state index contributed by atoms with van der Waals surface area (Å²) in [4.78, 5) is 14.7. The van der Waals surface area contributed by atoms with Gasteiger partial charge in [0.2, 0.25) is 11.2 Å². The van der Waals surface area contributed by atoms with Crippen LogP contribution in [0.5, 0.6) is 5.75 Å². The second-order valence-corrected chi connectivity index (χ2v) is 7.16. The van der Waals surface area contributed by atoms with Gasteiger partial charge in [-0.1, -0.05) is 48.0 Å². The van der Waals surface area contributed by atoms with Crippen molar-refractivity contribution in [3.8, 4) is 5.75 Å². The lowest BCUT2D eigenvalue weighted by molar-refractivity contribution is 0.289. The first-order valence-electron chi connectivity index (χ1n) is 9.25. The normalized spacial score (nSPS) is 15.6. The molecule has 1 aromatic heterocycles. The first-order valence-corrected chi connectivity index (χ1v) is 9.25. The molecule has 27 heavy (non-hydrogen) atoms. The number of rotatable bonds is 5. The molecule has 2 heterocycles. The van der Waals surface area contributed by atoms with Gasteiger partial charge in [0.05, 0.1) is 6.54 Å². The van der Waals surface area contributed by atoms with Crippen molar-refractivity contribution in [1.29, 1.82) is 0 Å². The van der Waals surface area contributed by atoms with Gasteiger partial charge in [0.25, 0.3) is 0 Å². The summed E-state index contributed by atoms with van der Waals surface area (Å²) in [6.07, 6.45) is 2.44. The molecule has 1 aliphatic rings. The van der Waals surface area contributed by atoms with E-state index in [1.54, 1.807) is 6.07 Å². The van der Waals surface area contributed by atoms with Crippen molar-refractivity contribution >= 4 is 5.69 Å². The van der Waals surface area contributed by atoms with E-state index in [4.69, 9.17) is 9.15 Å². The van der Waals surface area contributed by atoms with Gasteiger partial charge in [-0.15, -0.1) is 0 Å². The van der Waals surface area contributed by atoms with Crippen molar-refractivity contribution in [2.75, 3.05) is 4.90 Å². The Morgan fingerprint density at radius 1 is 1.15 bits per heavy atom. The summed E-state index contributed by atoms with van der Waals surface area (Å²) in [6.45, 7) is 5.15. The summed E-state index contributed by atoms with van der Waals surface area (Å²) >= 11 is 0. The number of nitrogens with zero attached hydrogens (tertiary/aromatic N) is 1. The molecule has 0 radical (unpaired) electrons. The topological polar surface area (TPSA) is 42.7 Å². The Bertz CT molecular complexity index is 1010. The van der Waals surface area contributed by atoms with E-state index in [0.717, 1.165) is 12.0 Å². The number of anilines is 1. The standard InChI is InChI=1S/C23H23NO3/c1-16-6-5-7-18(10-16)14-27-23-15-26-20(12-22(23)25)13-24-17(2)11-19-8-3-4-9-21(19)24/h3-10,12,15,17H,11,13-14H2,1-2H3/t17-/m1/s1. The maximum atomic E-state index is 12.4. The fraction of sp³-hybridized carbons (Fsp3) is 0.261. The van der Waals surface area contributed by atoms with E-state index < -0.39 is 0 Å². The van der Waals surface area contributed by atoms with Crippen LogP contribution in [-0.2, 0) is 19.6 Å². The Morgan fingerprint density at radius 2 is 2.00 bits per heavy atom. The average Bonchev–Trinajstić information content (AvgIpc) is 2.97. The highest BCUT2D eigenvalue weighted by atomic mass is 16.5. The minimum absolute atomic E-state index is 0.149. The van der Waals surface area contributed by atoms with E-state index in [-0.39, 0.29) is 11.2 Å². The maximum Gasteiger partial charge on any atom is 0.227 e. The highest BCUT2D eigenvalue weighted by Gasteiger charge is 2.26. The fourth-order valence-corrected chi connectivity index (χ4v) is 3.63. The van der Waals surface area contributed by atoms with E-state index in [1.165, 1.54) is 23.1 Å². The lowest BCUT2D eigenvalue weighted by atomic mass is 10.1. The number of fused-ring (bicyclic) bond motifs is 1. The lowest BCUT2D eigenvalue weighted by Crippen LogP contribution is -2.29. The monoisotopic (exact) mass is 361 g/mol. The third kappa shape index (κ3) is 3.75. The van der Waals surface area contributed by atoms with Crippen molar-refractivity contribution in [2.24, 2.45) is 0 Å². The first-order chi connectivity index (χ1) is 13.1. The predicted molar refractivity (Wildman–Crippen MR) is 106 cm³/mol. The number of hydrogen-bond acceptors (Lipinski definition) is 4. The van der Waals surface area contributed by atoms with Crippen LogP contribution in [-0.4, -0.2) is 6.04 Å². The van der Waals surface area contributed by atoms with Gasteiger partial charge in [-0.3, -0.25) is 4.79 Å². The Hall–Kier alpha value is -3.01. The van der Waals surface area contributed by atoms with E-state index >= 15 is 0 Å². The van der Waals surface area contributed by atoms with Gasteiger partial charge in [0.15, 0.2) is 0 Å². The molecule has 0 saturated carbocycles. The second-order valence-electron chi connectivity index (χ2n) is 7.16. The van der Waals surface area contributed by atoms with Gasteiger partial charge in [-0.05, 0) is 37.5 Å². The Labute approximate surface area is 159 Å². The Morgan fingerprint density at radius 3 is 2.81 bits per heavy atom. The van der Waals surface area contributed by atoms with Crippen LogP contribution in [0.2, 0.25) is 0 Å². The minimum atomic E-state index is -0.149. The molecule has 1 aliphatic heterocycles. The molecule has 138 valence electrons. The zero-order valence-corrected chi connectivity index (χ0v) is 15.6. The molecule has 0 unspecified atom stereocenters. The third-order valence-corrected chi connectivity index (χ3v) is 5.00. The molecule has 0 N–H and O–H groups in total. The van der Waals surface area contributed by atoms with Gasteiger partial charge < -0.3 is 14.1 Å². The first kappa shape index (κ1) is 17.4. The number of para-hydroxylation sites is 1. The van der Waals surface area contributed by atoms with Gasteiger partial charge in [-0.25, -0.2) is 0 Å². The largest absolute Gasteiger partial charge is 0.482 e. The molecule has 4 nitrogen and oxygen atoms in total. The van der Waals surface area contributed by atoms with E-state index in [9.17, 15) is 4.79 Å². The Balaban J connectivity index is 1.47. The van der Waals surface area contributed by atoms with E-state index in [2.05, 4.69) is 30.0 Å². The molecule has 1 atom stereocenters. The molecule has 4 rings (SSSR count). The van der Waals surface area contributed by atoms with Crippen molar-refractivity contribution in [2.45, 2.75) is 39.5 Å². The minimum Gasteiger partial charge on any atom is -0.482 e. The number of aryl methyl sites for hydroxylation is 1. The maximum absolute atomic E-state index is 12.4. The van der Waals surface area contributed by atoms with Crippen LogP contribution in [0.15, 0.2) is 70.1 Å². The molecular formula is C23H23NO3. The molecule has 2 aromatic carbocycles. The third-order valence-electron chi connectivity index (χ3n) is 5.00. The molecule has 0 fully saturated rings. The fourth-order valence-electron chi connectivity index (χ4n) is 3.63. The molecule has 3 aromatic rings. The van der Waals surface area contributed by atoms with Crippen LogP contribution >= 0.6 is 0 Å². The van der Waals surface area contributed by atoms with Crippen LogP contribution < -0.4 is 15.1 Å². The SMILES string of the molecule is Cc1cccc(COc2coc(CN3c4ccccc4C[C@H]3C)cc2=O)c1. The summed E-state index contributed by atoms with van der Waals surface area (Å²) in [7, 11) is 0. The Kier molecular flexibility index (Phi) is 4.71. The van der Waals surface area contributed by atoms with Crippen LogP contribution in [0.1, 0.15) is 29.4 Å². The average molecular weight is 361 g/mol. The zero-order valence-electron chi connectivity index (χ0n) is 15.6. The molecular weight excluding hydrogens is 338 g/mol. The molecule has 0 spiro atoms. The van der Waals surface area contributed by atoms with Crippen molar-refractivity contribution in [1.82, 2.24) is 0 Å². The van der Waals surface area contributed by atoms with E-state index in [1.807, 2.05) is 37.3 Å². The summed E-state index contributed by atoms with van der Waals surface area (Å²) in [6, 6.07) is 18.3. The quantitative estimate of drug-likeness (QED) is 0.672. The van der Waals surface area contributed by atoms with Gasteiger partial charge in [0.1, 0.15) is 18.6 Å². The van der Waals surface area contributed by atoms with Crippen LogP contribution in [0.4, 0.5) is 5.69 Å². The smallest absolute Gasteiger partial charge is 0.227 e. The number of ether oxygens (including phenoxy) is 1. The summed E-state index contributed by atoms with van der Waals surface area (Å²) in [5.41, 5.74) is 4.60. The summed E-state index contributed by atoms with van der Waals surface area (Å²) < 4.78 is 11.4. The van der Waals surface area contributed by atoms with Crippen molar-refractivity contribution in [3.05, 3.63) is 93.5 Å². The summed E-state index contributed by atoms with van der Waals surface area (Å²) in [5.74, 6) is 0.890. The zero-order chi connectivity index (χ0) is 18.8. The van der Waals surface area contributed by atoms with Crippen molar-refractivity contribution < 1.29 is 9.15 Å². The number of hydrogen-bond donors (Lipinski definition) is 0.